The van der Waals surface area contributed by atoms with Gasteiger partial charge < -0.3 is 14.3 Å². The fourth-order valence-electron chi connectivity index (χ4n) is 11.8. The first-order valence-corrected chi connectivity index (χ1v) is 25.5. The van der Waals surface area contributed by atoms with Gasteiger partial charge in [-0.05, 0) is 131 Å². The number of nitrogens with zero attached hydrogens (tertiary/aromatic N) is 3. The lowest BCUT2D eigenvalue weighted by atomic mass is 9.76. The van der Waals surface area contributed by atoms with Gasteiger partial charge in [0.15, 0.2) is 12.0 Å². The molecule has 6 heteroatoms. The summed E-state index contributed by atoms with van der Waals surface area (Å²) < 4.78 is 11.7. The number of amidine groups is 2. The highest BCUT2D eigenvalue weighted by molar-refractivity contribution is 7.25. The van der Waals surface area contributed by atoms with E-state index in [-0.39, 0.29) is 0 Å². The second-order valence-corrected chi connectivity index (χ2v) is 20.3. The van der Waals surface area contributed by atoms with Crippen LogP contribution < -0.4 is 5.32 Å². The van der Waals surface area contributed by atoms with Crippen molar-refractivity contribution in [2.45, 2.75) is 31.3 Å². The van der Waals surface area contributed by atoms with Crippen molar-refractivity contribution in [1.82, 2.24) is 9.88 Å². The van der Waals surface area contributed by atoms with Gasteiger partial charge in [0, 0.05) is 58.4 Å². The third kappa shape index (κ3) is 6.52. The number of furan rings is 1. The van der Waals surface area contributed by atoms with Crippen molar-refractivity contribution in [2.24, 2.45) is 9.98 Å². The van der Waals surface area contributed by atoms with Crippen molar-refractivity contribution in [3.8, 4) is 16.8 Å². The molecular weight excluding hydrogens is 885 g/mol. The Labute approximate surface area is 413 Å². The van der Waals surface area contributed by atoms with E-state index in [1.165, 1.54) is 69.5 Å². The molecule has 71 heavy (non-hydrogen) atoms. The van der Waals surface area contributed by atoms with E-state index in [4.69, 9.17) is 14.4 Å². The fourth-order valence-corrected chi connectivity index (χ4v) is 12.9. The van der Waals surface area contributed by atoms with Gasteiger partial charge in [-0.1, -0.05) is 146 Å². The molecule has 0 amide bonds. The molecule has 0 saturated carbocycles. The average Bonchev–Trinajstić information content (AvgIpc) is 4.10. The van der Waals surface area contributed by atoms with E-state index in [2.05, 4.69) is 216 Å². The maximum absolute atomic E-state index is 6.73. The summed E-state index contributed by atoms with van der Waals surface area (Å²) >= 11 is 1.83. The number of hydrogen-bond acceptors (Lipinski definition) is 5. The Balaban J connectivity index is 0.952. The van der Waals surface area contributed by atoms with Crippen molar-refractivity contribution in [1.29, 1.82) is 0 Å². The minimum absolute atomic E-state index is 0.394. The number of thiophene rings is 1. The van der Waals surface area contributed by atoms with Crippen LogP contribution in [0.1, 0.15) is 51.9 Å². The van der Waals surface area contributed by atoms with E-state index < -0.39 is 6.17 Å². The SMILES string of the molecule is c1ccc(CCC2Cc3cc(C4=NC(c5ccc6sc7ccccc7c6c5)=NC(c5c(-n6c7ccccc7c7cc8ccccc8cc76)ccc6oc7ccccc7c56)N4)ccc3-c3ccccc32)cc1. The van der Waals surface area contributed by atoms with Crippen LogP contribution in [0.15, 0.2) is 227 Å². The second kappa shape index (κ2) is 16.0. The molecule has 0 bridgehead atoms. The highest BCUT2D eigenvalue weighted by Crippen LogP contribution is 2.45. The molecule has 4 heterocycles. The molecule has 1 aliphatic carbocycles. The molecule has 3 aromatic heterocycles. The molecule has 0 spiro atoms. The monoisotopic (exact) mass is 928 g/mol. The number of fused-ring (bicyclic) bond motifs is 13. The van der Waals surface area contributed by atoms with Crippen molar-refractivity contribution >= 4 is 97.7 Å². The minimum Gasteiger partial charge on any atom is -0.456 e. The standard InChI is InChI=1S/C65H44N4OS/c1-2-14-39(15-3-1)26-27-42-34-45-35-43(28-30-47(45)48-19-7-6-18-46(42)48)63-66-64(44-29-33-60-53(37-44)50-21-10-13-25-59(50)71-60)68-65(67-63)62-55(31-32-58-61(62)51-22-9-12-24-57(51)70-58)69-54-23-11-8-20-49(54)52-36-40-16-4-5-17-41(40)38-56(52)69/h1-25,28-33,35-38,42,65H,26-27,34H2,(H,66,67,68). The summed E-state index contributed by atoms with van der Waals surface area (Å²) in [6.07, 6.45) is 2.51. The third-order valence-electron chi connectivity index (χ3n) is 15.2. The predicted molar refractivity (Wildman–Crippen MR) is 297 cm³/mol. The van der Waals surface area contributed by atoms with Crippen LogP contribution in [-0.2, 0) is 12.8 Å². The number of aliphatic imine (C=N–C) groups is 2. The van der Waals surface area contributed by atoms with E-state index in [1.807, 2.05) is 17.4 Å². The van der Waals surface area contributed by atoms with Gasteiger partial charge in [0.05, 0.1) is 16.7 Å². The van der Waals surface area contributed by atoms with Gasteiger partial charge in [0.1, 0.15) is 17.0 Å². The first kappa shape index (κ1) is 40.3. The molecule has 1 aliphatic heterocycles. The van der Waals surface area contributed by atoms with Crippen LogP contribution in [0.5, 0.6) is 0 Å². The van der Waals surface area contributed by atoms with Gasteiger partial charge in [0.2, 0.25) is 0 Å². The number of hydrogen-bond donors (Lipinski definition) is 1. The van der Waals surface area contributed by atoms with Crippen molar-refractivity contribution < 1.29 is 4.42 Å². The normalized spacial score (nSPS) is 15.7. The molecule has 0 radical (unpaired) electrons. The maximum Gasteiger partial charge on any atom is 0.159 e. The van der Waals surface area contributed by atoms with Crippen LogP contribution in [0.4, 0.5) is 0 Å². The van der Waals surface area contributed by atoms with Gasteiger partial charge in [-0.3, -0.25) is 0 Å². The Morgan fingerprint density at radius 2 is 1.30 bits per heavy atom. The summed E-state index contributed by atoms with van der Waals surface area (Å²) in [4.78, 5) is 11.3. The summed E-state index contributed by atoms with van der Waals surface area (Å²) in [5.41, 5.74) is 14.8. The molecule has 13 aromatic rings. The lowest BCUT2D eigenvalue weighted by Gasteiger charge is -2.30. The average molecular weight is 929 g/mol. The van der Waals surface area contributed by atoms with E-state index in [0.29, 0.717) is 11.8 Å². The molecular formula is C65H44N4OS. The van der Waals surface area contributed by atoms with Crippen LogP contribution >= 0.6 is 11.3 Å². The molecule has 1 N–H and O–H groups in total. The lowest BCUT2D eigenvalue weighted by molar-refractivity contribution is 0.615. The highest BCUT2D eigenvalue weighted by atomic mass is 32.1. The number of benzene rings is 10. The number of aromatic nitrogens is 1. The Bertz CT molecular complexity index is 4380. The topological polar surface area (TPSA) is 54.8 Å². The first-order chi connectivity index (χ1) is 35.2. The smallest absolute Gasteiger partial charge is 0.159 e. The summed E-state index contributed by atoms with van der Waals surface area (Å²) in [5, 5.41) is 13.4. The zero-order valence-electron chi connectivity index (χ0n) is 38.6. The molecule has 2 aliphatic rings. The molecule has 5 nitrogen and oxygen atoms in total. The van der Waals surface area contributed by atoms with Crippen molar-refractivity contribution in [3.63, 3.8) is 0 Å². The van der Waals surface area contributed by atoms with Gasteiger partial charge in [-0.15, -0.1) is 11.3 Å². The summed E-state index contributed by atoms with van der Waals surface area (Å²) in [6.45, 7) is 0. The Hall–Kier alpha value is -8.58. The van der Waals surface area contributed by atoms with Gasteiger partial charge in [0.25, 0.3) is 0 Å². The molecule has 2 atom stereocenters. The van der Waals surface area contributed by atoms with Crippen LogP contribution in [0.25, 0.3) is 91.5 Å². The Morgan fingerprint density at radius 3 is 2.21 bits per heavy atom. The number of para-hydroxylation sites is 2. The van der Waals surface area contributed by atoms with Crippen molar-refractivity contribution in [3.05, 3.63) is 246 Å². The highest BCUT2D eigenvalue weighted by Gasteiger charge is 2.31. The quantitative estimate of drug-likeness (QED) is 0.173. The van der Waals surface area contributed by atoms with Crippen molar-refractivity contribution in [2.75, 3.05) is 0 Å². The Morgan fingerprint density at radius 1 is 0.549 bits per heavy atom. The number of nitrogens with one attached hydrogen (secondary N) is 1. The zero-order chi connectivity index (χ0) is 46.6. The maximum atomic E-state index is 6.73. The van der Waals surface area contributed by atoms with Gasteiger partial charge in [-0.2, -0.15) is 0 Å². The largest absolute Gasteiger partial charge is 0.456 e. The van der Waals surface area contributed by atoms with Crippen LogP contribution in [-0.4, -0.2) is 16.2 Å². The lowest BCUT2D eigenvalue weighted by Crippen LogP contribution is -2.34. The Kier molecular flexibility index (Phi) is 9.08. The summed E-state index contributed by atoms with van der Waals surface area (Å²) in [6, 6.07) is 77.3. The molecule has 0 fully saturated rings. The van der Waals surface area contributed by atoms with Gasteiger partial charge in [-0.25, -0.2) is 9.98 Å². The molecule has 0 saturated heterocycles. The number of rotatable bonds is 7. The molecule has 10 aromatic carbocycles. The van der Waals surface area contributed by atoms with E-state index in [9.17, 15) is 0 Å². The van der Waals surface area contributed by atoms with E-state index >= 15 is 0 Å². The predicted octanol–water partition coefficient (Wildman–Crippen LogP) is 16.6. The first-order valence-electron chi connectivity index (χ1n) is 24.6. The van der Waals surface area contributed by atoms with Gasteiger partial charge >= 0.3 is 0 Å². The second-order valence-electron chi connectivity index (χ2n) is 19.2. The molecule has 2 unspecified atom stereocenters. The zero-order valence-corrected chi connectivity index (χ0v) is 39.5. The van der Waals surface area contributed by atoms with E-state index in [0.717, 1.165) is 80.4 Å². The minimum atomic E-state index is -0.556. The van der Waals surface area contributed by atoms with Crippen LogP contribution in [0.2, 0.25) is 0 Å². The van der Waals surface area contributed by atoms with E-state index in [1.54, 1.807) is 0 Å². The number of aryl methyl sites for hydroxylation is 1. The summed E-state index contributed by atoms with van der Waals surface area (Å²) in [7, 11) is 0. The molecule has 336 valence electrons. The molecule has 15 rings (SSSR count). The fraction of sp³-hybridized carbons (Fsp3) is 0.0769. The summed E-state index contributed by atoms with van der Waals surface area (Å²) in [5.74, 6) is 1.88. The third-order valence-corrected chi connectivity index (χ3v) is 16.3. The van der Waals surface area contributed by atoms with Crippen LogP contribution in [0.3, 0.4) is 0 Å². The van der Waals surface area contributed by atoms with Crippen LogP contribution in [0, 0.1) is 0 Å².